The summed E-state index contributed by atoms with van der Waals surface area (Å²) in [6.45, 7) is 3.47. The van der Waals surface area contributed by atoms with Gasteiger partial charge in [0.1, 0.15) is 0 Å². The number of fused-ring (bicyclic) bond motifs is 1. The van der Waals surface area contributed by atoms with E-state index in [1.54, 1.807) is 26.7 Å². The van der Waals surface area contributed by atoms with Crippen molar-refractivity contribution in [3.05, 3.63) is 36.2 Å². The van der Waals surface area contributed by atoms with Crippen LogP contribution in [0.5, 0.6) is 0 Å². The summed E-state index contributed by atoms with van der Waals surface area (Å²) < 4.78 is 6.91. The molecule has 0 aromatic carbocycles. The molecule has 4 rings (SSSR count). The molecule has 2 aromatic rings. The van der Waals surface area contributed by atoms with Crippen LogP contribution < -0.4 is 5.32 Å². The molecular formula is C19H25N5O4. The molecule has 28 heavy (non-hydrogen) atoms. The molecule has 2 aliphatic rings. The van der Waals surface area contributed by atoms with E-state index in [9.17, 15) is 14.7 Å². The predicted octanol–water partition coefficient (Wildman–Crippen LogP) is 0.199. The molecule has 3 amide bonds. The second-order valence-corrected chi connectivity index (χ2v) is 7.24. The number of aliphatic hydroxyl groups excluding tert-OH is 1. The Morgan fingerprint density at radius 3 is 2.82 bits per heavy atom. The Balaban J connectivity index is 1.32. The van der Waals surface area contributed by atoms with Gasteiger partial charge in [-0.2, -0.15) is 5.10 Å². The van der Waals surface area contributed by atoms with E-state index in [1.807, 2.05) is 18.2 Å². The Bertz CT molecular complexity index is 848. The second-order valence-electron chi connectivity index (χ2n) is 7.24. The molecule has 2 atom stereocenters. The Morgan fingerprint density at radius 1 is 1.21 bits per heavy atom. The van der Waals surface area contributed by atoms with E-state index in [-0.39, 0.29) is 24.4 Å². The van der Waals surface area contributed by atoms with E-state index >= 15 is 0 Å². The van der Waals surface area contributed by atoms with Gasteiger partial charge in [-0.1, -0.05) is 6.07 Å². The molecule has 9 nitrogen and oxygen atoms in total. The van der Waals surface area contributed by atoms with Crippen LogP contribution in [-0.4, -0.2) is 88.5 Å². The van der Waals surface area contributed by atoms with E-state index in [1.165, 1.54) is 0 Å². The van der Waals surface area contributed by atoms with Crippen LogP contribution in [0.15, 0.2) is 30.6 Å². The number of hydrogen-bond acceptors (Lipinski definition) is 5. The number of carbonyl (C=O) groups excluding carboxylic acids is 2. The van der Waals surface area contributed by atoms with Crippen molar-refractivity contribution in [3.63, 3.8) is 0 Å². The Kier molecular flexibility index (Phi) is 5.45. The Hall–Kier alpha value is -2.65. The lowest BCUT2D eigenvalue weighted by molar-refractivity contribution is 0.0193. The third-order valence-corrected chi connectivity index (χ3v) is 5.48. The van der Waals surface area contributed by atoms with Crippen LogP contribution in [0.1, 0.15) is 16.8 Å². The third kappa shape index (κ3) is 3.81. The highest BCUT2D eigenvalue weighted by atomic mass is 16.5. The second kappa shape index (κ2) is 8.15. The third-order valence-electron chi connectivity index (χ3n) is 5.48. The molecule has 2 aliphatic heterocycles. The largest absolute Gasteiger partial charge is 0.391 e. The lowest BCUT2D eigenvalue weighted by atomic mass is 9.93. The Morgan fingerprint density at radius 2 is 2.04 bits per heavy atom. The average molecular weight is 387 g/mol. The van der Waals surface area contributed by atoms with Crippen molar-refractivity contribution in [2.24, 2.45) is 5.92 Å². The van der Waals surface area contributed by atoms with Gasteiger partial charge >= 0.3 is 6.03 Å². The fourth-order valence-corrected chi connectivity index (χ4v) is 3.77. The number of carbonyl (C=O) groups is 2. The minimum absolute atomic E-state index is 0.0713. The van der Waals surface area contributed by atoms with Crippen LogP contribution in [-0.2, 0) is 4.74 Å². The average Bonchev–Trinajstić information content (AvgIpc) is 3.17. The number of piperidine rings is 1. The molecule has 0 spiro atoms. The van der Waals surface area contributed by atoms with Crippen molar-refractivity contribution in [1.82, 2.24) is 24.7 Å². The number of rotatable bonds is 3. The molecule has 0 saturated carbocycles. The van der Waals surface area contributed by atoms with Gasteiger partial charge in [0, 0.05) is 44.8 Å². The number of hydrogen-bond donors (Lipinski definition) is 2. The summed E-state index contributed by atoms with van der Waals surface area (Å²) >= 11 is 0. The number of ether oxygens (including phenoxy) is 1. The van der Waals surface area contributed by atoms with Crippen LogP contribution in [0.4, 0.5) is 4.79 Å². The minimum atomic E-state index is -0.676. The maximum Gasteiger partial charge on any atom is 0.317 e. The molecule has 9 heteroatoms. The number of amides is 3. The lowest BCUT2D eigenvalue weighted by Gasteiger charge is -2.36. The summed E-state index contributed by atoms with van der Waals surface area (Å²) in [4.78, 5) is 28.5. The van der Waals surface area contributed by atoms with E-state index < -0.39 is 6.10 Å². The Labute approximate surface area is 162 Å². The van der Waals surface area contributed by atoms with Crippen LogP contribution in [0.25, 0.3) is 5.52 Å². The summed E-state index contributed by atoms with van der Waals surface area (Å²) in [6, 6.07) is 5.45. The number of aromatic nitrogens is 2. The predicted molar refractivity (Wildman–Crippen MR) is 101 cm³/mol. The number of aliphatic hydroxyl groups is 1. The number of pyridine rings is 1. The molecule has 2 fully saturated rings. The summed E-state index contributed by atoms with van der Waals surface area (Å²) in [5.74, 6) is -0.200. The standard InChI is InChI=1S/C19H25N5O4/c25-17-13-23(18(26)15-12-21-24-5-2-1-3-16(15)24)6-4-14(17)11-20-19(27)22-7-9-28-10-8-22/h1-3,5,12,14,17,25H,4,6-11,13H2,(H,20,27)/t14-,17+/m0/s1. The summed E-state index contributed by atoms with van der Waals surface area (Å²) in [7, 11) is 0. The van der Waals surface area contributed by atoms with Gasteiger partial charge in [0.15, 0.2) is 0 Å². The molecule has 2 aromatic heterocycles. The van der Waals surface area contributed by atoms with Gasteiger partial charge in [-0.3, -0.25) is 4.79 Å². The van der Waals surface area contributed by atoms with Crippen molar-refractivity contribution in [2.75, 3.05) is 45.9 Å². The molecule has 0 bridgehead atoms. The SMILES string of the molecule is O=C(NC[C@@H]1CCN(C(=O)c2cnn3ccccc23)C[C@H]1O)N1CCOCC1. The molecule has 4 heterocycles. The molecule has 2 saturated heterocycles. The van der Waals surface area contributed by atoms with Crippen molar-refractivity contribution < 1.29 is 19.4 Å². The highest BCUT2D eigenvalue weighted by molar-refractivity contribution is 6.00. The normalized spacial score (nSPS) is 23.0. The first-order valence-corrected chi connectivity index (χ1v) is 9.63. The van der Waals surface area contributed by atoms with Crippen molar-refractivity contribution in [2.45, 2.75) is 12.5 Å². The number of morpholine rings is 1. The van der Waals surface area contributed by atoms with Gasteiger partial charge in [0.25, 0.3) is 5.91 Å². The molecule has 150 valence electrons. The summed E-state index contributed by atoms with van der Waals surface area (Å²) in [5, 5.41) is 17.6. The fourth-order valence-electron chi connectivity index (χ4n) is 3.77. The van der Waals surface area contributed by atoms with Crippen LogP contribution in [0, 0.1) is 5.92 Å². The van der Waals surface area contributed by atoms with E-state index in [2.05, 4.69) is 10.4 Å². The maximum atomic E-state index is 12.9. The van der Waals surface area contributed by atoms with Gasteiger partial charge in [-0.15, -0.1) is 0 Å². The van der Waals surface area contributed by atoms with Crippen molar-refractivity contribution in [3.8, 4) is 0 Å². The number of nitrogens with one attached hydrogen (secondary N) is 1. The first kappa shape index (κ1) is 18.7. The van der Waals surface area contributed by atoms with Crippen LogP contribution >= 0.6 is 0 Å². The van der Waals surface area contributed by atoms with Crippen molar-refractivity contribution >= 4 is 17.5 Å². The molecule has 0 unspecified atom stereocenters. The van der Waals surface area contributed by atoms with E-state index in [4.69, 9.17) is 4.74 Å². The van der Waals surface area contributed by atoms with Gasteiger partial charge in [0.2, 0.25) is 0 Å². The molecule has 2 N–H and O–H groups in total. The highest BCUT2D eigenvalue weighted by Gasteiger charge is 2.32. The number of β-amino-alcohol motifs (C(OH)–C–C–N with tert-alkyl or cyclic N) is 1. The monoisotopic (exact) mass is 387 g/mol. The van der Waals surface area contributed by atoms with Gasteiger partial charge in [-0.25, -0.2) is 9.31 Å². The van der Waals surface area contributed by atoms with Gasteiger partial charge < -0.3 is 25.0 Å². The van der Waals surface area contributed by atoms with E-state index in [0.29, 0.717) is 51.4 Å². The zero-order valence-corrected chi connectivity index (χ0v) is 15.7. The van der Waals surface area contributed by atoms with Gasteiger partial charge in [0.05, 0.1) is 36.6 Å². The zero-order chi connectivity index (χ0) is 19.5. The van der Waals surface area contributed by atoms with Crippen LogP contribution in [0.3, 0.4) is 0 Å². The number of urea groups is 1. The minimum Gasteiger partial charge on any atom is -0.391 e. The highest BCUT2D eigenvalue weighted by Crippen LogP contribution is 2.21. The molecule has 0 radical (unpaired) electrons. The van der Waals surface area contributed by atoms with Gasteiger partial charge in [-0.05, 0) is 18.6 Å². The number of likely N-dealkylation sites (tertiary alicyclic amines) is 1. The molecular weight excluding hydrogens is 362 g/mol. The molecule has 0 aliphatic carbocycles. The lowest BCUT2D eigenvalue weighted by Crippen LogP contribution is -2.52. The summed E-state index contributed by atoms with van der Waals surface area (Å²) in [5.41, 5.74) is 1.29. The number of nitrogens with zero attached hydrogens (tertiary/aromatic N) is 4. The maximum absolute atomic E-state index is 12.9. The van der Waals surface area contributed by atoms with E-state index in [0.717, 1.165) is 5.52 Å². The first-order chi connectivity index (χ1) is 13.6. The smallest absolute Gasteiger partial charge is 0.317 e. The van der Waals surface area contributed by atoms with Crippen LogP contribution in [0.2, 0.25) is 0 Å². The topological polar surface area (TPSA) is 99.4 Å². The summed E-state index contributed by atoms with van der Waals surface area (Å²) in [6.07, 6.45) is 3.32. The zero-order valence-electron chi connectivity index (χ0n) is 15.7. The fraction of sp³-hybridized carbons (Fsp3) is 0.526. The first-order valence-electron chi connectivity index (χ1n) is 9.63. The quantitative estimate of drug-likeness (QED) is 0.784. The van der Waals surface area contributed by atoms with Crippen molar-refractivity contribution in [1.29, 1.82) is 0 Å².